The van der Waals surface area contributed by atoms with Crippen molar-refractivity contribution in [1.82, 2.24) is 19.3 Å². The van der Waals surface area contributed by atoms with E-state index in [-0.39, 0.29) is 37.2 Å². The van der Waals surface area contributed by atoms with Crippen molar-refractivity contribution in [1.29, 1.82) is 0 Å². The largest absolute Gasteiger partial charge is 2.00 e. The molecule has 4 aromatic carbocycles. The number of aryl methyl sites for hydroxylation is 2. The monoisotopic (exact) mass is 820 g/mol. The number of nitrogens with zero attached hydrogens (tertiary/aromatic N) is 4. The molecule has 0 unspecified atom stereocenters. The molecule has 0 radical (unpaired) electrons. The van der Waals surface area contributed by atoms with Crippen LogP contribution in [0.25, 0.3) is 44.4 Å². The van der Waals surface area contributed by atoms with Gasteiger partial charge in [-0.05, 0) is 95.0 Å². The summed E-state index contributed by atoms with van der Waals surface area (Å²) in [5, 5.41) is 7.47. The van der Waals surface area contributed by atoms with E-state index in [9.17, 15) is 0 Å². The molecule has 6 heteroatoms. The zero-order chi connectivity index (χ0) is 38.9. The normalized spacial score (nSPS) is 12.3. The van der Waals surface area contributed by atoms with Crippen LogP contribution in [0.2, 0.25) is 0 Å². The van der Waals surface area contributed by atoms with Gasteiger partial charge < -0.3 is 9.30 Å². The summed E-state index contributed by atoms with van der Waals surface area (Å²) in [7, 11) is 0. The fourth-order valence-electron chi connectivity index (χ4n) is 7.74. The van der Waals surface area contributed by atoms with E-state index in [1.54, 1.807) is 0 Å². The van der Waals surface area contributed by atoms with Crippen molar-refractivity contribution in [2.45, 2.75) is 113 Å². The van der Waals surface area contributed by atoms with Crippen LogP contribution in [-0.2, 0) is 31.3 Å². The van der Waals surface area contributed by atoms with Gasteiger partial charge in [-0.25, -0.2) is 4.98 Å². The van der Waals surface area contributed by atoms with Gasteiger partial charge in [-0.2, -0.15) is 11.2 Å². The number of fused-ring (bicyclic) bond motifs is 3. The van der Waals surface area contributed by atoms with Crippen LogP contribution in [0.15, 0.2) is 79.0 Å². The van der Waals surface area contributed by atoms with E-state index >= 15 is 0 Å². The Balaban J connectivity index is 0.00000514. The first-order valence-corrected chi connectivity index (χ1v) is 19.3. The van der Waals surface area contributed by atoms with E-state index in [1.165, 1.54) is 33.4 Å². The molecule has 0 atom stereocenters. The molecule has 3 heterocycles. The first-order valence-electron chi connectivity index (χ1n) is 19.3. The van der Waals surface area contributed by atoms with Crippen molar-refractivity contribution in [3.05, 3.63) is 130 Å². The van der Waals surface area contributed by atoms with E-state index in [4.69, 9.17) is 14.8 Å². The fourth-order valence-corrected chi connectivity index (χ4v) is 7.74. The Kier molecular flexibility index (Phi) is 10.9. The number of benzene rings is 4. The van der Waals surface area contributed by atoms with Gasteiger partial charge >= 0.3 is 20.4 Å². The Bertz CT molecular complexity index is 2500. The third-order valence-corrected chi connectivity index (χ3v) is 10.6. The molecule has 0 aliphatic heterocycles. The second-order valence-electron chi connectivity index (χ2n) is 17.7. The van der Waals surface area contributed by atoms with Gasteiger partial charge in [0.15, 0.2) is 0 Å². The van der Waals surface area contributed by atoms with Crippen LogP contribution in [0, 0.1) is 32.9 Å². The van der Waals surface area contributed by atoms with Crippen molar-refractivity contribution < 1.29 is 25.2 Å². The molecule has 0 bridgehead atoms. The minimum atomic E-state index is -0.0520. The zero-order valence-electron chi connectivity index (χ0n) is 34.7. The quantitative estimate of drug-likeness (QED) is 0.119. The van der Waals surface area contributed by atoms with Crippen LogP contribution in [0.3, 0.4) is 0 Å². The summed E-state index contributed by atoms with van der Waals surface area (Å²) < 4.78 is 11.0. The average Bonchev–Trinajstić information content (AvgIpc) is 3.59. The first-order chi connectivity index (χ1) is 25.4. The Labute approximate surface area is 341 Å². The van der Waals surface area contributed by atoms with Gasteiger partial charge in [0.25, 0.3) is 0 Å². The standard InChI is InChI=1S/C49H54N4O.Pd/c1-29(2)34-20-21-50-45(26-34)52-43-17-15-14-16-39(43)40-19-18-37(28-44(40)52)54-38-25-35(30(3)4)24-36(27-38)53-33(7)46(32(6)51-53)47-41(48(8,9)10)22-31(5)23-42(47)49(11,12)13;/h14-26,29-30H,1-13H3;/q-2;+2. The van der Waals surface area contributed by atoms with Gasteiger partial charge in [0, 0.05) is 34.5 Å². The summed E-state index contributed by atoms with van der Waals surface area (Å²) in [6.07, 6.45) is 1.90. The first kappa shape index (κ1) is 40.2. The molecule has 55 heavy (non-hydrogen) atoms. The number of rotatable bonds is 7. The van der Waals surface area contributed by atoms with Crippen LogP contribution in [-0.4, -0.2) is 19.3 Å². The second kappa shape index (κ2) is 14.9. The molecular formula is C49H54N4OPd. The third-order valence-electron chi connectivity index (χ3n) is 10.6. The molecular weight excluding hydrogens is 767 g/mol. The van der Waals surface area contributed by atoms with Gasteiger partial charge in [-0.3, -0.25) is 4.68 Å². The molecule has 7 rings (SSSR count). The second-order valence-corrected chi connectivity index (χ2v) is 17.7. The van der Waals surface area contributed by atoms with Gasteiger partial charge in [0.1, 0.15) is 5.82 Å². The average molecular weight is 821 g/mol. The van der Waals surface area contributed by atoms with Crippen LogP contribution in [0.1, 0.15) is 120 Å². The van der Waals surface area contributed by atoms with Gasteiger partial charge in [-0.15, -0.1) is 41.3 Å². The van der Waals surface area contributed by atoms with E-state index in [2.05, 4.69) is 178 Å². The Morgan fingerprint density at radius 2 is 1.33 bits per heavy atom. The molecule has 3 aromatic heterocycles. The summed E-state index contributed by atoms with van der Waals surface area (Å²) in [6.45, 7) is 29.2. The molecule has 0 N–H and O–H groups in total. The Hall–Kier alpha value is -4.50. The van der Waals surface area contributed by atoms with Crippen LogP contribution in [0.4, 0.5) is 0 Å². The maximum absolute atomic E-state index is 6.70. The number of ether oxygens (including phenoxy) is 1. The fraction of sp³-hybridized carbons (Fsp3) is 0.347. The molecule has 7 aromatic rings. The molecule has 0 fully saturated rings. The van der Waals surface area contributed by atoms with Gasteiger partial charge in [-0.1, -0.05) is 111 Å². The molecule has 0 saturated heterocycles. The maximum Gasteiger partial charge on any atom is 2.00 e. The summed E-state index contributed by atoms with van der Waals surface area (Å²) in [5.74, 6) is 2.77. The van der Waals surface area contributed by atoms with Gasteiger partial charge in [0.05, 0.1) is 5.69 Å². The molecule has 0 amide bonds. The molecule has 0 aliphatic rings. The predicted molar refractivity (Wildman–Crippen MR) is 225 cm³/mol. The van der Waals surface area contributed by atoms with Crippen molar-refractivity contribution in [2.24, 2.45) is 0 Å². The Morgan fingerprint density at radius 1 is 0.673 bits per heavy atom. The minimum Gasteiger partial charge on any atom is -0.509 e. The molecule has 0 aliphatic carbocycles. The Morgan fingerprint density at radius 3 is 1.96 bits per heavy atom. The molecule has 5 nitrogen and oxygen atoms in total. The summed E-state index contributed by atoms with van der Waals surface area (Å²) in [6, 6.07) is 33.2. The summed E-state index contributed by atoms with van der Waals surface area (Å²) in [4.78, 5) is 4.82. The number of pyridine rings is 1. The maximum atomic E-state index is 6.70. The van der Waals surface area contributed by atoms with E-state index in [1.807, 2.05) is 12.3 Å². The van der Waals surface area contributed by atoms with Crippen LogP contribution >= 0.6 is 0 Å². The number of hydrogen-bond donors (Lipinski definition) is 0. The van der Waals surface area contributed by atoms with Crippen LogP contribution < -0.4 is 4.74 Å². The SMILES string of the molecule is Cc1cc(C(C)(C)C)c(-c2c(C)nn(-c3[c-]c(Oc4[c-]c5c(cc4)c4ccccc4n5-c4cc(C(C)C)ccn4)cc(C(C)C)c3)c2C)c(C(C)(C)C)c1.[Pd+2]. The minimum absolute atomic E-state index is 0. The van der Waals surface area contributed by atoms with E-state index in [0.717, 1.165) is 50.3 Å². The van der Waals surface area contributed by atoms with Crippen LogP contribution in [0.5, 0.6) is 11.5 Å². The van der Waals surface area contributed by atoms with Crippen molar-refractivity contribution in [3.63, 3.8) is 0 Å². The topological polar surface area (TPSA) is 44.9 Å². The van der Waals surface area contributed by atoms with Crippen molar-refractivity contribution in [2.75, 3.05) is 0 Å². The van der Waals surface area contributed by atoms with Gasteiger partial charge in [0.2, 0.25) is 0 Å². The van der Waals surface area contributed by atoms with E-state index < -0.39 is 0 Å². The zero-order valence-corrected chi connectivity index (χ0v) is 36.2. The molecule has 0 spiro atoms. The third kappa shape index (κ3) is 7.57. The number of para-hydroxylation sites is 1. The number of aromatic nitrogens is 4. The molecule has 0 saturated carbocycles. The predicted octanol–water partition coefficient (Wildman–Crippen LogP) is 13.2. The summed E-state index contributed by atoms with van der Waals surface area (Å²) in [5.41, 5.74) is 13.7. The smallest absolute Gasteiger partial charge is 0.509 e. The van der Waals surface area contributed by atoms with Crippen molar-refractivity contribution in [3.8, 4) is 34.1 Å². The number of hydrogen-bond acceptors (Lipinski definition) is 3. The molecule has 286 valence electrons. The van der Waals surface area contributed by atoms with Crippen molar-refractivity contribution >= 4 is 21.8 Å². The summed E-state index contributed by atoms with van der Waals surface area (Å²) >= 11 is 0. The van der Waals surface area contributed by atoms with E-state index in [0.29, 0.717) is 17.4 Å².